The third-order valence-corrected chi connectivity index (χ3v) is 4.21. The minimum Gasteiger partial charge on any atom is -0.481 e. The predicted octanol–water partition coefficient (Wildman–Crippen LogP) is 1.88. The summed E-state index contributed by atoms with van der Waals surface area (Å²) in [6.07, 6.45) is 2.17. The molecule has 0 spiro atoms. The average Bonchev–Trinajstić information content (AvgIpc) is 2.86. The summed E-state index contributed by atoms with van der Waals surface area (Å²) >= 11 is 1.54. The fourth-order valence-electron chi connectivity index (χ4n) is 2.60. The Morgan fingerprint density at radius 3 is 2.76 bits per heavy atom. The Bertz CT molecular complexity index is 452. The van der Waals surface area contributed by atoms with Gasteiger partial charge in [-0.2, -0.15) is 11.3 Å². The molecule has 1 amide bonds. The Labute approximate surface area is 103 Å². The van der Waals surface area contributed by atoms with Crippen LogP contribution in [0.15, 0.2) is 16.8 Å². The highest BCUT2D eigenvalue weighted by Gasteiger charge is 2.49. The summed E-state index contributed by atoms with van der Waals surface area (Å²) in [5.41, 5.74) is 0.972. The molecule has 4 nitrogen and oxygen atoms in total. The molecule has 1 saturated carbocycles. The largest absolute Gasteiger partial charge is 0.481 e. The zero-order chi connectivity index (χ0) is 12.0. The number of carbonyl (C=O) groups is 2. The van der Waals surface area contributed by atoms with Gasteiger partial charge in [0.1, 0.15) is 0 Å². The van der Waals surface area contributed by atoms with Gasteiger partial charge in [0.15, 0.2) is 0 Å². The maximum atomic E-state index is 11.9. The first-order valence-electron chi connectivity index (χ1n) is 5.74. The smallest absolute Gasteiger partial charge is 0.309 e. The van der Waals surface area contributed by atoms with Crippen molar-refractivity contribution in [2.24, 2.45) is 5.92 Å². The van der Waals surface area contributed by atoms with Crippen LogP contribution in [0.2, 0.25) is 0 Å². The number of nitrogens with zero attached hydrogens (tertiary/aromatic N) is 1. The van der Waals surface area contributed by atoms with Gasteiger partial charge in [-0.15, -0.1) is 0 Å². The number of amides is 1. The van der Waals surface area contributed by atoms with Gasteiger partial charge in [0, 0.05) is 12.5 Å². The molecule has 1 N–H and O–H groups in total. The van der Waals surface area contributed by atoms with E-state index in [0.717, 1.165) is 18.4 Å². The van der Waals surface area contributed by atoms with Gasteiger partial charge in [0.25, 0.3) is 0 Å². The molecule has 0 radical (unpaired) electrons. The van der Waals surface area contributed by atoms with Crippen LogP contribution in [-0.4, -0.2) is 27.9 Å². The Morgan fingerprint density at radius 2 is 2.24 bits per heavy atom. The molecule has 1 saturated heterocycles. The second-order valence-corrected chi connectivity index (χ2v) is 5.46. The zero-order valence-electron chi connectivity index (χ0n) is 9.20. The molecule has 0 bridgehead atoms. The Hall–Kier alpha value is -1.36. The second-order valence-electron chi connectivity index (χ2n) is 4.68. The second kappa shape index (κ2) is 3.84. The summed E-state index contributed by atoms with van der Waals surface area (Å²) in [6, 6.07) is 1.95. The van der Waals surface area contributed by atoms with E-state index in [1.54, 1.807) is 16.2 Å². The summed E-state index contributed by atoms with van der Waals surface area (Å²) < 4.78 is 0. The number of aliphatic carboxylic acids is 1. The molecular weight excluding hydrogens is 238 g/mol. The van der Waals surface area contributed by atoms with E-state index in [-0.39, 0.29) is 24.4 Å². The molecule has 2 aliphatic rings. The minimum atomic E-state index is -0.863. The lowest BCUT2D eigenvalue weighted by Gasteiger charge is -2.26. The number of hydrogen-bond acceptors (Lipinski definition) is 3. The summed E-state index contributed by atoms with van der Waals surface area (Å²) in [6.45, 7) is 0. The SMILES string of the molecule is O=C(O)C1CC(=O)N(C2CC2)C1c1ccsc1. The number of hydrogen-bond donors (Lipinski definition) is 1. The average molecular weight is 251 g/mol. The fraction of sp³-hybridized carbons (Fsp3) is 0.500. The first-order valence-corrected chi connectivity index (χ1v) is 6.69. The Morgan fingerprint density at radius 1 is 1.47 bits per heavy atom. The Kier molecular flexibility index (Phi) is 2.43. The molecule has 3 rings (SSSR count). The van der Waals surface area contributed by atoms with Crippen molar-refractivity contribution >= 4 is 23.2 Å². The molecule has 90 valence electrons. The first kappa shape index (κ1) is 10.8. The molecule has 1 aliphatic carbocycles. The van der Waals surface area contributed by atoms with Gasteiger partial charge < -0.3 is 10.0 Å². The van der Waals surface area contributed by atoms with Crippen LogP contribution >= 0.6 is 11.3 Å². The van der Waals surface area contributed by atoms with Gasteiger partial charge in [0.2, 0.25) is 5.91 Å². The van der Waals surface area contributed by atoms with Crippen molar-refractivity contribution in [3.63, 3.8) is 0 Å². The maximum Gasteiger partial charge on any atom is 0.309 e. The monoisotopic (exact) mass is 251 g/mol. The van der Waals surface area contributed by atoms with E-state index in [1.165, 1.54) is 0 Å². The molecule has 1 aromatic heterocycles. The van der Waals surface area contributed by atoms with Crippen LogP contribution in [0.25, 0.3) is 0 Å². The molecule has 17 heavy (non-hydrogen) atoms. The van der Waals surface area contributed by atoms with Crippen molar-refractivity contribution in [3.05, 3.63) is 22.4 Å². The summed E-state index contributed by atoms with van der Waals surface area (Å²) in [7, 11) is 0. The lowest BCUT2D eigenvalue weighted by Crippen LogP contribution is -2.32. The molecule has 2 fully saturated rings. The van der Waals surface area contributed by atoms with Crippen LogP contribution in [0.1, 0.15) is 30.9 Å². The molecule has 2 atom stereocenters. The summed E-state index contributed by atoms with van der Waals surface area (Å²) in [5.74, 6) is -1.45. The van der Waals surface area contributed by atoms with Gasteiger partial charge in [-0.25, -0.2) is 0 Å². The maximum absolute atomic E-state index is 11.9. The van der Waals surface area contributed by atoms with Crippen molar-refractivity contribution in [2.45, 2.75) is 31.3 Å². The predicted molar refractivity (Wildman–Crippen MR) is 62.7 cm³/mol. The molecule has 1 aliphatic heterocycles. The van der Waals surface area contributed by atoms with Gasteiger partial charge in [-0.3, -0.25) is 9.59 Å². The van der Waals surface area contributed by atoms with Crippen LogP contribution in [0.4, 0.5) is 0 Å². The third kappa shape index (κ3) is 1.74. The molecular formula is C12H13NO3S. The third-order valence-electron chi connectivity index (χ3n) is 3.51. The van der Waals surface area contributed by atoms with Gasteiger partial charge in [-0.05, 0) is 35.2 Å². The van der Waals surface area contributed by atoms with E-state index in [0.29, 0.717) is 0 Å². The van der Waals surface area contributed by atoms with Crippen molar-refractivity contribution < 1.29 is 14.7 Å². The molecule has 2 heterocycles. The standard InChI is InChI=1S/C12H13NO3S/c14-10-5-9(12(15)16)11(7-3-4-17-6-7)13(10)8-1-2-8/h3-4,6,8-9,11H,1-2,5H2,(H,15,16). The quantitative estimate of drug-likeness (QED) is 0.892. The Balaban J connectivity index is 1.97. The van der Waals surface area contributed by atoms with Gasteiger partial charge in [-0.1, -0.05) is 0 Å². The van der Waals surface area contributed by atoms with Crippen LogP contribution < -0.4 is 0 Å². The highest BCUT2D eigenvalue weighted by Crippen LogP contribution is 2.45. The van der Waals surface area contributed by atoms with Gasteiger partial charge in [0.05, 0.1) is 12.0 Å². The fourth-order valence-corrected chi connectivity index (χ4v) is 3.29. The van der Waals surface area contributed by atoms with E-state index < -0.39 is 11.9 Å². The molecule has 1 aromatic rings. The number of carbonyl (C=O) groups excluding carboxylic acids is 1. The van der Waals surface area contributed by atoms with Crippen molar-refractivity contribution in [1.82, 2.24) is 4.90 Å². The van der Waals surface area contributed by atoms with E-state index in [4.69, 9.17) is 0 Å². The number of carboxylic acid groups (broad SMARTS) is 1. The first-order chi connectivity index (χ1) is 8.18. The highest BCUT2D eigenvalue weighted by molar-refractivity contribution is 7.08. The van der Waals surface area contributed by atoms with Crippen molar-refractivity contribution in [1.29, 1.82) is 0 Å². The van der Waals surface area contributed by atoms with E-state index in [9.17, 15) is 14.7 Å². The lowest BCUT2D eigenvalue weighted by atomic mass is 9.96. The normalized spacial score (nSPS) is 28.7. The minimum absolute atomic E-state index is 0.00361. The van der Waals surface area contributed by atoms with Crippen LogP contribution in [0, 0.1) is 5.92 Å². The molecule has 5 heteroatoms. The number of carboxylic acids is 1. The molecule has 0 aromatic carbocycles. The number of thiophene rings is 1. The number of likely N-dealkylation sites (tertiary alicyclic amines) is 1. The topological polar surface area (TPSA) is 57.6 Å². The number of rotatable bonds is 3. The van der Waals surface area contributed by atoms with Crippen molar-refractivity contribution in [3.8, 4) is 0 Å². The highest BCUT2D eigenvalue weighted by atomic mass is 32.1. The summed E-state index contributed by atoms with van der Waals surface area (Å²) in [5, 5.41) is 13.1. The van der Waals surface area contributed by atoms with Crippen molar-refractivity contribution in [2.75, 3.05) is 0 Å². The van der Waals surface area contributed by atoms with Gasteiger partial charge >= 0.3 is 5.97 Å². The molecule has 2 unspecified atom stereocenters. The van der Waals surface area contributed by atoms with E-state index >= 15 is 0 Å². The van der Waals surface area contributed by atoms with E-state index in [2.05, 4.69) is 0 Å². The van der Waals surface area contributed by atoms with Crippen LogP contribution in [-0.2, 0) is 9.59 Å². The summed E-state index contributed by atoms with van der Waals surface area (Å²) in [4.78, 5) is 25.0. The van der Waals surface area contributed by atoms with Crippen LogP contribution in [0.5, 0.6) is 0 Å². The van der Waals surface area contributed by atoms with E-state index in [1.807, 2.05) is 16.8 Å². The van der Waals surface area contributed by atoms with Crippen LogP contribution in [0.3, 0.4) is 0 Å². The zero-order valence-corrected chi connectivity index (χ0v) is 10.0. The lowest BCUT2D eigenvalue weighted by molar-refractivity contribution is -0.142.